The molecule has 1 aliphatic rings. The number of rotatable bonds is 5. The van der Waals surface area contributed by atoms with E-state index in [1.165, 1.54) is 12.8 Å². The van der Waals surface area contributed by atoms with E-state index < -0.39 is 0 Å². The summed E-state index contributed by atoms with van der Waals surface area (Å²) in [5, 5.41) is 8.97. The molecule has 0 atom stereocenters. The molecule has 0 saturated carbocycles. The molecule has 0 unspecified atom stereocenters. The van der Waals surface area contributed by atoms with Gasteiger partial charge in [0.2, 0.25) is 0 Å². The van der Waals surface area contributed by atoms with Gasteiger partial charge >= 0.3 is 0 Å². The van der Waals surface area contributed by atoms with E-state index >= 15 is 0 Å². The van der Waals surface area contributed by atoms with E-state index in [-0.39, 0.29) is 12.5 Å². The van der Waals surface area contributed by atoms with E-state index in [9.17, 15) is 4.79 Å². The third-order valence-electron chi connectivity index (χ3n) is 3.42. The van der Waals surface area contributed by atoms with Crippen molar-refractivity contribution in [2.45, 2.75) is 19.8 Å². The van der Waals surface area contributed by atoms with Crippen molar-refractivity contribution >= 4 is 11.7 Å². The van der Waals surface area contributed by atoms with Crippen LogP contribution in [0.2, 0.25) is 0 Å². The molecule has 2 heterocycles. The lowest BCUT2D eigenvalue weighted by Crippen LogP contribution is -2.34. The summed E-state index contributed by atoms with van der Waals surface area (Å²) in [5.74, 6) is 0.765. The topological polar surface area (TPSA) is 56.7 Å². The van der Waals surface area contributed by atoms with Crippen molar-refractivity contribution in [3.8, 4) is 0 Å². The molecule has 0 aromatic carbocycles. The molecule has 5 heteroatoms. The Bertz CT molecular complexity index is 430. The Morgan fingerprint density at radius 2 is 2.16 bits per heavy atom. The SMILES string of the molecule is CCN(CCO)C(=O)c1cccc(N2CCCC2)n1. The quantitative estimate of drug-likeness (QED) is 0.865. The van der Waals surface area contributed by atoms with Gasteiger partial charge in [-0.1, -0.05) is 6.07 Å². The van der Waals surface area contributed by atoms with Gasteiger partial charge in [0, 0.05) is 26.2 Å². The van der Waals surface area contributed by atoms with Crippen LogP contribution in [0.1, 0.15) is 30.3 Å². The minimum atomic E-state index is -0.113. The van der Waals surface area contributed by atoms with Gasteiger partial charge in [0.1, 0.15) is 11.5 Å². The van der Waals surface area contributed by atoms with E-state index in [2.05, 4.69) is 9.88 Å². The number of amides is 1. The van der Waals surface area contributed by atoms with Crippen LogP contribution >= 0.6 is 0 Å². The maximum Gasteiger partial charge on any atom is 0.272 e. The third kappa shape index (κ3) is 3.23. The number of hydrogen-bond donors (Lipinski definition) is 1. The third-order valence-corrected chi connectivity index (χ3v) is 3.42. The van der Waals surface area contributed by atoms with Crippen molar-refractivity contribution in [1.29, 1.82) is 0 Å². The summed E-state index contributed by atoms with van der Waals surface area (Å²) in [5.41, 5.74) is 0.458. The van der Waals surface area contributed by atoms with Crippen LogP contribution in [-0.2, 0) is 0 Å². The van der Waals surface area contributed by atoms with Crippen molar-refractivity contribution in [3.05, 3.63) is 23.9 Å². The number of nitrogens with zero attached hydrogens (tertiary/aromatic N) is 3. The van der Waals surface area contributed by atoms with E-state index in [1.54, 1.807) is 11.0 Å². The fraction of sp³-hybridized carbons (Fsp3) is 0.571. The smallest absolute Gasteiger partial charge is 0.272 e. The molecule has 1 saturated heterocycles. The number of likely N-dealkylation sites (N-methyl/N-ethyl adjacent to an activating group) is 1. The fourth-order valence-corrected chi connectivity index (χ4v) is 2.35. The second kappa shape index (κ2) is 6.52. The highest BCUT2D eigenvalue weighted by Crippen LogP contribution is 2.18. The Hall–Kier alpha value is -1.62. The lowest BCUT2D eigenvalue weighted by molar-refractivity contribution is 0.0726. The molecule has 19 heavy (non-hydrogen) atoms. The predicted molar refractivity (Wildman–Crippen MR) is 74.3 cm³/mol. The zero-order valence-electron chi connectivity index (χ0n) is 11.4. The highest BCUT2D eigenvalue weighted by Gasteiger charge is 2.18. The maximum atomic E-state index is 12.3. The van der Waals surface area contributed by atoms with Gasteiger partial charge in [-0.25, -0.2) is 4.98 Å². The number of carbonyl (C=O) groups is 1. The summed E-state index contributed by atoms with van der Waals surface area (Å²) in [7, 11) is 0. The van der Waals surface area contributed by atoms with Gasteiger partial charge in [-0.05, 0) is 31.9 Å². The molecule has 104 valence electrons. The average molecular weight is 263 g/mol. The Morgan fingerprint density at radius 1 is 1.42 bits per heavy atom. The molecule has 5 nitrogen and oxygen atoms in total. The van der Waals surface area contributed by atoms with Gasteiger partial charge in [-0.3, -0.25) is 4.79 Å². The first-order valence-corrected chi connectivity index (χ1v) is 6.88. The van der Waals surface area contributed by atoms with Crippen molar-refractivity contribution in [3.63, 3.8) is 0 Å². The minimum absolute atomic E-state index is 0.0224. The normalized spacial score (nSPS) is 14.7. The molecule has 1 aromatic rings. The average Bonchev–Trinajstić information content (AvgIpc) is 2.98. The number of anilines is 1. The molecular formula is C14H21N3O2. The summed E-state index contributed by atoms with van der Waals surface area (Å²) in [6.45, 7) is 4.83. The Morgan fingerprint density at radius 3 is 2.79 bits per heavy atom. The monoisotopic (exact) mass is 263 g/mol. The summed E-state index contributed by atoms with van der Waals surface area (Å²) < 4.78 is 0. The van der Waals surface area contributed by atoms with E-state index in [0.29, 0.717) is 18.8 Å². The largest absolute Gasteiger partial charge is 0.395 e. The first-order valence-electron chi connectivity index (χ1n) is 6.88. The number of pyridine rings is 1. The number of hydrogen-bond acceptors (Lipinski definition) is 4. The molecule has 0 bridgehead atoms. The standard InChI is InChI=1S/C14H21N3O2/c1-2-16(10-11-18)14(19)12-6-5-7-13(15-12)17-8-3-4-9-17/h5-7,18H,2-4,8-11H2,1H3. The predicted octanol–water partition coefficient (Wildman–Crippen LogP) is 1.14. The van der Waals surface area contributed by atoms with Crippen molar-refractivity contribution in [1.82, 2.24) is 9.88 Å². The summed E-state index contributed by atoms with van der Waals surface area (Å²) in [6, 6.07) is 5.56. The first-order chi connectivity index (χ1) is 9.26. The van der Waals surface area contributed by atoms with Crippen LogP contribution in [0.4, 0.5) is 5.82 Å². The summed E-state index contributed by atoms with van der Waals surface area (Å²) >= 11 is 0. The van der Waals surface area contributed by atoms with Gasteiger partial charge in [0.25, 0.3) is 5.91 Å². The Labute approximate surface area is 113 Å². The van der Waals surface area contributed by atoms with Crippen molar-refractivity contribution in [2.75, 3.05) is 37.7 Å². The highest BCUT2D eigenvalue weighted by atomic mass is 16.3. The van der Waals surface area contributed by atoms with Crippen LogP contribution in [0.15, 0.2) is 18.2 Å². The van der Waals surface area contributed by atoms with Gasteiger partial charge < -0.3 is 14.9 Å². The molecular weight excluding hydrogens is 242 g/mol. The summed E-state index contributed by atoms with van der Waals surface area (Å²) in [6.07, 6.45) is 2.37. The minimum Gasteiger partial charge on any atom is -0.395 e. The van der Waals surface area contributed by atoms with E-state index in [1.807, 2.05) is 19.1 Å². The second-order valence-electron chi connectivity index (χ2n) is 4.68. The molecule has 0 radical (unpaired) electrons. The molecule has 1 amide bonds. The van der Waals surface area contributed by atoms with Gasteiger partial charge in [0.15, 0.2) is 0 Å². The maximum absolute atomic E-state index is 12.3. The Balaban J connectivity index is 2.15. The van der Waals surface area contributed by atoms with Crippen LogP contribution in [-0.4, -0.2) is 53.7 Å². The van der Waals surface area contributed by atoms with Crippen molar-refractivity contribution < 1.29 is 9.90 Å². The van der Waals surface area contributed by atoms with Crippen LogP contribution in [0.5, 0.6) is 0 Å². The van der Waals surface area contributed by atoms with Crippen molar-refractivity contribution in [2.24, 2.45) is 0 Å². The lowest BCUT2D eigenvalue weighted by Gasteiger charge is -2.21. The Kier molecular flexibility index (Phi) is 4.74. The number of aromatic nitrogens is 1. The number of aliphatic hydroxyl groups is 1. The zero-order chi connectivity index (χ0) is 13.7. The molecule has 1 aliphatic heterocycles. The van der Waals surface area contributed by atoms with Crippen LogP contribution in [0, 0.1) is 0 Å². The number of carbonyl (C=O) groups excluding carboxylic acids is 1. The fourth-order valence-electron chi connectivity index (χ4n) is 2.35. The molecule has 1 aromatic heterocycles. The molecule has 0 aliphatic carbocycles. The number of aliphatic hydroxyl groups excluding tert-OH is 1. The van der Waals surface area contributed by atoms with E-state index in [4.69, 9.17) is 5.11 Å². The first kappa shape index (κ1) is 13.8. The molecule has 1 N–H and O–H groups in total. The van der Waals surface area contributed by atoms with Gasteiger partial charge in [-0.2, -0.15) is 0 Å². The second-order valence-corrected chi connectivity index (χ2v) is 4.68. The highest BCUT2D eigenvalue weighted by molar-refractivity contribution is 5.92. The van der Waals surface area contributed by atoms with Gasteiger partial charge in [-0.15, -0.1) is 0 Å². The van der Waals surface area contributed by atoms with E-state index in [0.717, 1.165) is 18.9 Å². The zero-order valence-corrected chi connectivity index (χ0v) is 11.4. The van der Waals surface area contributed by atoms with Crippen LogP contribution in [0.25, 0.3) is 0 Å². The van der Waals surface area contributed by atoms with Crippen LogP contribution < -0.4 is 4.90 Å². The lowest BCUT2D eigenvalue weighted by atomic mass is 10.3. The molecule has 2 rings (SSSR count). The molecule has 0 spiro atoms. The summed E-state index contributed by atoms with van der Waals surface area (Å²) in [4.78, 5) is 20.5. The molecule has 1 fully saturated rings. The van der Waals surface area contributed by atoms with Crippen LogP contribution in [0.3, 0.4) is 0 Å². The van der Waals surface area contributed by atoms with Gasteiger partial charge in [0.05, 0.1) is 6.61 Å².